The Morgan fingerprint density at radius 3 is 1.88 bits per heavy atom. The fraction of sp³-hybridized carbons (Fsp3) is 0.769. The van der Waals surface area contributed by atoms with Gasteiger partial charge in [-0.25, -0.2) is 9.59 Å². The van der Waals surface area contributed by atoms with Crippen LogP contribution in [0.4, 0.5) is 0 Å². The summed E-state index contributed by atoms with van der Waals surface area (Å²) < 4.78 is 5.14. The molecule has 0 amide bonds. The van der Waals surface area contributed by atoms with Crippen LogP contribution in [0.15, 0.2) is 12.7 Å². The third kappa shape index (κ3) is 14.0. The van der Waals surface area contributed by atoms with E-state index in [0.717, 1.165) is 89.3 Å². The molecular formula is C26H44O7. The van der Waals surface area contributed by atoms with E-state index in [2.05, 4.69) is 13.5 Å². The minimum absolute atomic E-state index is 0.0253. The van der Waals surface area contributed by atoms with E-state index in [1.165, 1.54) is 6.92 Å². The summed E-state index contributed by atoms with van der Waals surface area (Å²) in [5.41, 5.74) is -1.76. The predicted molar refractivity (Wildman–Crippen MR) is 128 cm³/mol. The number of aliphatic hydroxyl groups is 1. The highest BCUT2D eigenvalue weighted by Crippen LogP contribution is 2.27. The number of carbonyl (C=O) groups excluding carboxylic acids is 3. The van der Waals surface area contributed by atoms with E-state index in [0.29, 0.717) is 6.42 Å². The lowest BCUT2D eigenvalue weighted by Crippen LogP contribution is -2.45. The van der Waals surface area contributed by atoms with Crippen LogP contribution in [-0.2, 0) is 23.9 Å². The molecule has 0 radical (unpaired) electrons. The van der Waals surface area contributed by atoms with Crippen LogP contribution in [0.2, 0.25) is 0 Å². The van der Waals surface area contributed by atoms with Crippen molar-refractivity contribution in [3.8, 4) is 0 Å². The second-order valence-electron chi connectivity index (χ2n) is 9.15. The maximum atomic E-state index is 11.8. The quantitative estimate of drug-likeness (QED) is 0.0990. The Morgan fingerprint density at radius 2 is 1.42 bits per heavy atom. The van der Waals surface area contributed by atoms with E-state index in [4.69, 9.17) is 4.74 Å². The molecule has 0 spiro atoms. The molecule has 0 aromatic heterocycles. The lowest BCUT2D eigenvalue weighted by atomic mass is 9.89. The fourth-order valence-electron chi connectivity index (χ4n) is 4.14. The Kier molecular flexibility index (Phi) is 17.3. The highest BCUT2D eigenvalue weighted by Gasteiger charge is 2.42. The zero-order chi connectivity index (χ0) is 25.1. The van der Waals surface area contributed by atoms with Crippen molar-refractivity contribution in [2.45, 2.75) is 115 Å². The highest BCUT2D eigenvalue weighted by atomic mass is 16.6. The van der Waals surface area contributed by atoms with Crippen molar-refractivity contribution in [1.29, 1.82) is 0 Å². The van der Waals surface area contributed by atoms with E-state index in [9.17, 15) is 29.4 Å². The first kappa shape index (κ1) is 31.0. The SMILES string of the molecule is C=CC(=O)OC(CCCCCCCC(C=O)CCC(C=O)CCCCC)(CC(C)O)C(=O)O. The molecule has 7 heteroatoms. The molecule has 0 aromatic rings. The van der Waals surface area contributed by atoms with Gasteiger partial charge in [0.1, 0.15) is 12.6 Å². The molecule has 190 valence electrons. The van der Waals surface area contributed by atoms with E-state index in [1.807, 2.05) is 0 Å². The average molecular weight is 469 g/mol. The van der Waals surface area contributed by atoms with Crippen molar-refractivity contribution < 1.29 is 34.1 Å². The van der Waals surface area contributed by atoms with Crippen molar-refractivity contribution in [2.24, 2.45) is 11.8 Å². The van der Waals surface area contributed by atoms with Gasteiger partial charge in [-0.15, -0.1) is 0 Å². The van der Waals surface area contributed by atoms with Crippen molar-refractivity contribution in [1.82, 2.24) is 0 Å². The van der Waals surface area contributed by atoms with Gasteiger partial charge in [-0.2, -0.15) is 0 Å². The molecule has 0 saturated heterocycles. The zero-order valence-electron chi connectivity index (χ0n) is 20.5. The third-order valence-corrected chi connectivity index (χ3v) is 6.10. The van der Waals surface area contributed by atoms with Gasteiger partial charge in [0, 0.05) is 24.3 Å². The molecule has 0 saturated carbocycles. The summed E-state index contributed by atoms with van der Waals surface area (Å²) in [6.07, 6.45) is 12.5. The van der Waals surface area contributed by atoms with E-state index in [-0.39, 0.29) is 24.7 Å². The van der Waals surface area contributed by atoms with Crippen LogP contribution in [0.3, 0.4) is 0 Å². The summed E-state index contributed by atoms with van der Waals surface area (Å²) in [6.45, 7) is 6.90. The van der Waals surface area contributed by atoms with Crippen molar-refractivity contribution in [3.05, 3.63) is 12.7 Å². The molecule has 4 unspecified atom stereocenters. The minimum atomic E-state index is -1.76. The number of carboxylic acids is 1. The van der Waals surface area contributed by atoms with Gasteiger partial charge in [0.2, 0.25) is 5.60 Å². The Labute approximate surface area is 199 Å². The molecule has 0 heterocycles. The van der Waals surface area contributed by atoms with Crippen LogP contribution in [-0.4, -0.2) is 46.4 Å². The maximum absolute atomic E-state index is 11.8. The molecule has 0 aliphatic carbocycles. The van der Waals surface area contributed by atoms with E-state index in [1.54, 1.807) is 0 Å². The van der Waals surface area contributed by atoms with Crippen LogP contribution in [0, 0.1) is 11.8 Å². The van der Waals surface area contributed by atoms with Crippen molar-refractivity contribution in [3.63, 3.8) is 0 Å². The monoisotopic (exact) mass is 468 g/mol. The van der Waals surface area contributed by atoms with Gasteiger partial charge in [0.05, 0.1) is 6.10 Å². The third-order valence-electron chi connectivity index (χ3n) is 6.10. The molecule has 4 atom stereocenters. The molecule has 0 fully saturated rings. The second-order valence-corrected chi connectivity index (χ2v) is 9.15. The molecule has 0 bridgehead atoms. The number of aliphatic carboxylic acids is 1. The number of carbonyl (C=O) groups is 4. The molecule has 33 heavy (non-hydrogen) atoms. The summed E-state index contributed by atoms with van der Waals surface area (Å²) in [5.74, 6) is -2.07. The zero-order valence-corrected chi connectivity index (χ0v) is 20.5. The molecule has 0 aromatic carbocycles. The highest BCUT2D eigenvalue weighted by molar-refractivity contribution is 5.86. The number of aliphatic hydroxyl groups excluding tert-OH is 1. The molecule has 0 aliphatic heterocycles. The fourth-order valence-corrected chi connectivity index (χ4v) is 4.14. The lowest BCUT2D eigenvalue weighted by Gasteiger charge is -2.30. The number of rotatable bonds is 22. The average Bonchev–Trinajstić information content (AvgIpc) is 2.78. The number of unbranched alkanes of at least 4 members (excludes halogenated alkanes) is 6. The summed E-state index contributed by atoms with van der Waals surface area (Å²) in [5, 5.41) is 19.3. The molecular weight excluding hydrogens is 424 g/mol. The van der Waals surface area contributed by atoms with Crippen LogP contribution in [0.1, 0.15) is 104 Å². The van der Waals surface area contributed by atoms with E-state index < -0.39 is 23.6 Å². The number of esters is 1. The van der Waals surface area contributed by atoms with Gasteiger partial charge < -0.3 is 24.5 Å². The maximum Gasteiger partial charge on any atom is 0.348 e. The summed E-state index contributed by atoms with van der Waals surface area (Å²) >= 11 is 0. The van der Waals surface area contributed by atoms with Gasteiger partial charge in [0.15, 0.2) is 0 Å². The number of hydrogen-bond donors (Lipinski definition) is 2. The Balaban J connectivity index is 4.34. The van der Waals surface area contributed by atoms with Crippen LogP contribution in [0.5, 0.6) is 0 Å². The predicted octanol–water partition coefficient (Wildman–Crippen LogP) is 5.03. The van der Waals surface area contributed by atoms with E-state index >= 15 is 0 Å². The Hall–Kier alpha value is -2.02. The van der Waals surface area contributed by atoms with Gasteiger partial charge in [0.25, 0.3) is 0 Å². The molecule has 2 N–H and O–H groups in total. The van der Waals surface area contributed by atoms with Crippen LogP contribution in [0.25, 0.3) is 0 Å². The smallest absolute Gasteiger partial charge is 0.348 e. The van der Waals surface area contributed by atoms with Gasteiger partial charge >= 0.3 is 11.9 Å². The first-order valence-electron chi connectivity index (χ1n) is 12.4. The Bertz CT molecular complexity index is 587. The summed E-state index contributed by atoms with van der Waals surface area (Å²) in [4.78, 5) is 46.1. The number of hydrogen-bond acceptors (Lipinski definition) is 6. The number of carboxylic acid groups (broad SMARTS) is 1. The second kappa shape index (κ2) is 18.4. The van der Waals surface area contributed by atoms with Gasteiger partial charge in [-0.1, -0.05) is 58.4 Å². The normalized spacial score (nSPS) is 15.6. The lowest BCUT2D eigenvalue weighted by molar-refractivity contribution is -0.180. The molecule has 0 rings (SSSR count). The van der Waals surface area contributed by atoms with Gasteiger partial charge in [-0.3, -0.25) is 0 Å². The number of aldehydes is 2. The van der Waals surface area contributed by atoms with Crippen LogP contribution < -0.4 is 0 Å². The summed E-state index contributed by atoms with van der Waals surface area (Å²) in [6, 6.07) is 0. The molecule has 7 nitrogen and oxygen atoms in total. The van der Waals surface area contributed by atoms with Crippen LogP contribution >= 0.6 is 0 Å². The van der Waals surface area contributed by atoms with Gasteiger partial charge in [-0.05, 0) is 45.4 Å². The molecule has 0 aliphatic rings. The summed E-state index contributed by atoms with van der Waals surface area (Å²) in [7, 11) is 0. The first-order valence-corrected chi connectivity index (χ1v) is 12.4. The largest absolute Gasteiger partial charge is 0.478 e. The standard InChI is InChI=1S/C26H44O7/c1-4-6-10-13-22(19-27)15-16-23(20-28)14-11-8-7-9-12-17-26(25(31)32,18-21(3)29)33-24(30)5-2/h5,19-23,29H,2,4,6-18H2,1,3H3,(H,31,32). The topological polar surface area (TPSA) is 118 Å². The minimum Gasteiger partial charge on any atom is -0.478 e. The van der Waals surface area contributed by atoms with Crippen molar-refractivity contribution >= 4 is 24.5 Å². The number of ether oxygens (including phenoxy) is 1. The first-order chi connectivity index (χ1) is 15.7. The Morgan fingerprint density at radius 1 is 0.909 bits per heavy atom. The van der Waals surface area contributed by atoms with Crippen molar-refractivity contribution in [2.75, 3.05) is 0 Å².